The van der Waals surface area contributed by atoms with Gasteiger partial charge in [-0.25, -0.2) is 9.97 Å². The van der Waals surface area contributed by atoms with Crippen molar-refractivity contribution in [1.82, 2.24) is 28.9 Å². The molecule has 0 N–H and O–H groups in total. The largest absolute Gasteiger partial charge is 0.292 e. The first-order chi connectivity index (χ1) is 22.8. The average Bonchev–Trinajstić information content (AvgIpc) is 3.69. The van der Waals surface area contributed by atoms with Crippen molar-refractivity contribution < 1.29 is 0 Å². The highest BCUT2D eigenvalue weighted by atomic mass is 15.2. The highest BCUT2D eigenvalue weighted by Gasteiger charge is 2.22. The summed E-state index contributed by atoms with van der Waals surface area (Å²) in [6, 6.07) is 50.2. The Kier molecular flexibility index (Phi) is 5.19. The Balaban J connectivity index is 1.39. The maximum absolute atomic E-state index is 5.44. The highest BCUT2D eigenvalue weighted by Crippen LogP contribution is 2.39. The van der Waals surface area contributed by atoms with Crippen LogP contribution >= 0.6 is 0 Å². The van der Waals surface area contributed by atoms with Crippen molar-refractivity contribution in [3.05, 3.63) is 146 Å². The van der Waals surface area contributed by atoms with Gasteiger partial charge in [-0.3, -0.25) is 8.97 Å². The summed E-state index contributed by atoms with van der Waals surface area (Å²) in [6.45, 7) is 0. The van der Waals surface area contributed by atoms with Crippen LogP contribution in [0.25, 0.3) is 88.9 Å². The molecule has 0 saturated carbocycles. The van der Waals surface area contributed by atoms with E-state index in [4.69, 9.17) is 19.9 Å². The molecular formula is C40H24N6. The van der Waals surface area contributed by atoms with Crippen molar-refractivity contribution in [2.75, 3.05) is 0 Å². The van der Waals surface area contributed by atoms with Gasteiger partial charge in [0.1, 0.15) is 11.2 Å². The Morgan fingerprint density at radius 3 is 1.59 bits per heavy atom. The van der Waals surface area contributed by atoms with Crippen LogP contribution in [0, 0.1) is 0 Å². The second-order valence-electron chi connectivity index (χ2n) is 11.5. The van der Waals surface area contributed by atoms with Gasteiger partial charge in [0.15, 0.2) is 11.6 Å². The van der Waals surface area contributed by atoms with Crippen LogP contribution in [-0.4, -0.2) is 28.9 Å². The zero-order valence-electron chi connectivity index (χ0n) is 24.5. The minimum Gasteiger partial charge on any atom is -0.292 e. The van der Waals surface area contributed by atoms with Gasteiger partial charge in [0.05, 0.1) is 22.1 Å². The summed E-state index contributed by atoms with van der Waals surface area (Å²) >= 11 is 0. The van der Waals surface area contributed by atoms with Crippen molar-refractivity contribution in [2.24, 2.45) is 0 Å². The normalized spacial score (nSPS) is 11.9. The van der Waals surface area contributed by atoms with E-state index in [2.05, 4.69) is 93.9 Å². The van der Waals surface area contributed by atoms with Crippen LogP contribution < -0.4 is 0 Å². The third-order valence-corrected chi connectivity index (χ3v) is 8.95. The van der Waals surface area contributed by atoms with Crippen molar-refractivity contribution in [2.45, 2.75) is 0 Å². The molecule has 6 nitrogen and oxygen atoms in total. The summed E-state index contributed by atoms with van der Waals surface area (Å²) in [5.74, 6) is 1.79. The Morgan fingerprint density at radius 2 is 0.913 bits per heavy atom. The number of rotatable bonds is 3. The van der Waals surface area contributed by atoms with Crippen LogP contribution in [0.5, 0.6) is 0 Å². The molecule has 6 aromatic carbocycles. The van der Waals surface area contributed by atoms with E-state index in [9.17, 15) is 0 Å². The molecule has 10 aromatic rings. The van der Waals surface area contributed by atoms with Gasteiger partial charge >= 0.3 is 0 Å². The molecule has 46 heavy (non-hydrogen) atoms. The van der Waals surface area contributed by atoms with E-state index in [1.807, 2.05) is 60.7 Å². The van der Waals surface area contributed by atoms with Crippen LogP contribution in [0.4, 0.5) is 0 Å². The molecule has 0 spiro atoms. The van der Waals surface area contributed by atoms with Crippen LogP contribution in [0.3, 0.4) is 0 Å². The maximum atomic E-state index is 5.44. The molecule has 0 atom stereocenters. The van der Waals surface area contributed by atoms with Gasteiger partial charge in [-0.05, 0) is 29.7 Å². The molecule has 214 valence electrons. The third kappa shape index (κ3) is 3.52. The zero-order valence-corrected chi connectivity index (χ0v) is 24.5. The first kappa shape index (κ1) is 25.0. The highest BCUT2D eigenvalue weighted by molar-refractivity contribution is 6.20. The molecule has 0 saturated heterocycles. The average molecular weight is 589 g/mol. The molecule has 4 aromatic heterocycles. The second-order valence-corrected chi connectivity index (χ2v) is 11.5. The molecule has 0 bridgehead atoms. The van der Waals surface area contributed by atoms with E-state index >= 15 is 0 Å². The van der Waals surface area contributed by atoms with Gasteiger partial charge < -0.3 is 0 Å². The molecule has 0 aliphatic heterocycles. The Labute approximate surface area is 262 Å². The molecule has 0 aliphatic rings. The Bertz CT molecular complexity index is 2740. The van der Waals surface area contributed by atoms with Crippen LogP contribution in [0.2, 0.25) is 0 Å². The molecule has 0 unspecified atom stereocenters. The molecule has 0 radical (unpaired) electrons. The van der Waals surface area contributed by atoms with Gasteiger partial charge in [0, 0.05) is 32.7 Å². The SMILES string of the molecule is c1ccc(-c2nc(-c3ccccc3)nc(-n3c4ccccc4c4ccc5c(nc6c7ccccc7c7ccccc7n56)c43)n2)cc1. The van der Waals surface area contributed by atoms with Gasteiger partial charge in [0.25, 0.3) is 0 Å². The summed E-state index contributed by atoms with van der Waals surface area (Å²) in [5, 5.41) is 5.72. The van der Waals surface area contributed by atoms with Gasteiger partial charge in [0.2, 0.25) is 5.95 Å². The molecule has 0 amide bonds. The number of aromatic nitrogens is 6. The molecule has 0 aliphatic carbocycles. The van der Waals surface area contributed by atoms with E-state index < -0.39 is 0 Å². The minimum atomic E-state index is 0.554. The fraction of sp³-hybridized carbons (Fsp3) is 0. The van der Waals surface area contributed by atoms with Gasteiger partial charge in [-0.1, -0.05) is 121 Å². The fourth-order valence-electron chi connectivity index (χ4n) is 6.93. The van der Waals surface area contributed by atoms with Gasteiger partial charge in [-0.2, -0.15) is 9.97 Å². The number of benzene rings is 6. The lowest BCUT2D eigenvalue weighted by Gasteiger charge is -2.11. The number of para-hydroxylation sites is 2. The quantitative estimate of drug-likeness (QED) is 0.193. The third-order valence-electron chi connectivity index (χ3n) is 8.95. The Morgan fingerprint density at radius 1 is 0.370 bits per heavy atom. The van der Waals surface area contributed by atoms with E-state index in [-0.39, 0.29) is 0 Å². The monoisotopic (exact) mass is 588 g/mol. The van der Waals surface area contributed by atoms with Crippen LogP contribution in [0.15, 0.2) is 146 Å². The lowest BCUT2D eigenvalue weighted by molar-refractivity contribution is 0.954. The zero-order chi connectivity index (χ0) is 30.2. The first-order valence-electron chi connectivity index (χ1n) is 15.3. The number of fused-ring (bicyclic) bond motifs is 12. The number of imidazole rings is 1. The number of nitrogens with zero attached hydrogens (tertiary/aromatic N) is 6. The van der Waals surface area contributed by atoms with Crippen molar-refractivity contribution in [3.8, 4) is 28.7 Å². The fourth-order valence-corrected chi connectivity index (χ4v) is 6.93. The summed E-state index contributed by atoms with van der Waals surface area (Å²) in [6.07, 6.45) is 0. The predicted molar refractivity (Wildman–Crippen MR) is 186 cm³/mol. The molecule has 0 fully saturated rings. The minimum absolute atomic E-state index is 0.554. The summed E-state index contributed by atoms with van der Waals surface area (Å²) in [4.78, 5) is 20.7. The maximum Gasteiger partial charge on any atom is 0.238 e. The van der Waals surface area contributed by atoms with E-state index in [1.165, 1.54) is 10.8 Å². The van der Waals surface area contributed by atoms with E-state index in [1.54, 1.807) is 0 Å². The van der Waals surface area contributed by atoms with E-state index in [0.29, 0.717) is 17.6 Å². The van der Waals surface area contributed by atoms with Crippen molar-refractivity contribution in [3.63, 3.8) is 0 Å². The molecule has 4 heterocycles. The predicted octanol–water partition coefficient (Wildman–Crippen LogP) is 9.41. The Hall–Kier alpha value is -6.40. The van der Waals surface area contributed by atoms with Crippen molar-refractivity contribution in [1.29, 1.82) is 0 Å². The summed E-state index contributed by atoms with van der Waals surface area (Å²) < 4.78 is 4.47. The lowest BCUT2D eigenvalue weighted by atomic mass is 10.1. The van der Waals surface area contributed by atoms with Crippen LogP contribution in [-0.2, 0) is 0 Å². The lowest BCUT2D eigenvalue weighted by Crippen LogP contribution is -2.06. The second kappa shape index (κ2) is 9.55. The van der Waals surface area contributed by atoms with E-state index in [0.717, 1.165) is 60.5 Å². The number of pyridine rings is 1. The topological polar surface area (TPSA) is 60.9 Å². The standard InChI is InChI=1S/C40H24N6/c1-3-13-25(14-4-1)37-42-38(26-15-5-2-6-16-26)44-40(43-37)46-33-22-12-10-19-29(33)30-23-24-34-35(36(30)46)41-39-31-20-8-7-17-27(31)28-18-9-11-21-32(28)45(34)39/h1-24H. The van der Waals surface area contributed by atoms with Crippen LogP contribution in [0.1, 0.15) is 0 Å². The number of hydrogen-bond donors (Lipinski definition) is 0. The summed E-state index contributed by atoms with van der Waals surface area (Å²) in [5.41, 5.74) is 7.84. The van der Waals surface area contributed by atoms with Gasteiger partial charge in [-0.15, -0.1) is 0 Å². The number of hydrogen-bond acceptors (Lipinski definition) is 4. The molecular weight excluding hydrogens is 564 g/mol. The first-order valence-corrected chi connectivity index (χ1v) is 15.3. The molecule has 10 rings (SSSR count). The molecule has 6 heteroatoms. The smallest absolute Gasteiger partial charge is 0.238 e. The summed E-state index contributed by atoms with van der Waals surface area (Å²) in [7, 11) is 0. The van der Waals surface area contributed by atoms with Crippen molar-refractivity contribution >= 4 is 60.2 Å².